The van der Waals surface area contributed by atoms with Gasteiger partial charge in [0.15, 0.2) is 5.13 Å². The summed E-state index contributed by atoms with van der Waals surface area (Å²) in [4.78, 5) is 29.2. The molecule has 0 radical (unpaired) electrons. The zero-order valence-electron chi connectivity index (χ0n) is 12.8. The van der Waals surface area contributed by atoms with Crippen molar-refractivity contribution in [1.82, 2.24) is 15.2 Å². The van der Waals surface area contributed by atoms with Crippen LogP contribution in [-0.4, -0.2) is 48.0 Å². The fourth-order valence-electron chi connectivity index (χ4n) is 2.50. The van der Waals surface area contributed by atoms with Crippen LogP contribution in [0.3, 0.4) is 0 Å². The smallest absolute Gasteiger partial charge is 0.321 e. The maximum atomic E-state index is 11.7. The van der Waals surface area contributed by atoms with Crippen molar-refractivity contribution in [3.8, 4) is 0 Å². The fraction of sp³-hybridized carbons (Fsp3) is 0.643. The Kier molecular flexibility index (Phi) is 6.14. The van der Waals surface area contributed by atoms with E-state index >= 15 is 0 Å². The molecule has 0 atom stereocenters. The van der Waals surface area contributed by atoms with Crippen LogP contribution in [0.15, 0.2) is 5.38 Å². The summed E-state index contributed by atoms with van der Waals surface area (Å²) < 4.78 is 0. The number of aromatic nitrogens is 1. The number of rotatable bonds is 6. The minimum atomic E-state index is -0.221. The Hall–Kier alpha value is -1.67. The molecule has 0 spiro atoms. The molecule has 122 valence electrons. The number of piperidine rings is 1. The first kappa shape index (κ1) is 16.7. The van der Waals surface area contributed by atoms with Gasteiger partial charge in [-0.1, -0.05) is 0 Å². The molecule has 0 aromatic carbocycles. The van der Waals surface area contributed by atoms with E-state index in [9.17, 15) is 9.59 Å². The molecule has 3 amide bonds. The summed E-state index contributed by atoms with van der Waals surface area (Å²) in [7, 11) is 0. The van der Waals surface area contributed by atoms with Crippen molar-refractivity contribution >= 4 is 28.4 Å². The quantitative estimate of drug-likeness (QED) is 0.683. The van der Waals surface area contributed by atoms with E-state index < -0.39 is 0 Å². The van der Waals surface area contributed by atoms with Crippen molar-refractivity contribution < 1.29 is 9.59 Å². The summed E-state index contributed by atoms with van der Waals surface area (Å²) in [5.74, 6) is -0.155. The predicted molar refractivity (Wildman–Crippen MR) is 86.8 cm³/mol. The molecule has 1 saturated heterocycles. The number of nitrogens with zero attached hydrogens (tertiary/aromatic N) is 2. The summed E-state index contributed by atoms with van der Waals surface area (Å²) in [5, 5.41) is 8.04. The molecule has 1 aromatic heterocycles. The number of hydrogen-bond donors (Lipinski definition) is 3. The molecule has 0 unspecified atom stereocenters. The lowest BCUT2D eigenvalue weighted by molar-refractivity contribution is -0.123. The number of carbonyl (C=O) groups excluding carboxylic acids is 2. The highest BCUT2D eigenvalue weighted by Gasteiger charge is 2.22. The maximum absolute atomic E-state index is 11.7. The van der Waals surface area contributed by atoms with Crippen LogP contribution in [0.2, 0.25) is 0 Å². The number of amides is 3. The fourth-order valence-corrected chi connectivity index (χ4v) is 3.18. The average molecular weight is 325 g/mol. The first-order chi connectivity index (χ1) is 10.5. The summed E-state index contributed by atoms with van der Waals surface area (Å²) in [6, 6.07) is -0.221. The summed E-state index contributed by atoms with van der Waals surface area (Å²) in [5.41, 5.74) is 6.22. The average Bonchev–Trinajstić information content (AvgIpc) is 2.89. The van der Waals surface area contributed by atoms with E-state index in [0.717, 1.165) is 44.6 Å². The van der Waals surface area contributed by atoms with Gasteiger partial charge in [-0.3, -0.25) is 10.1 Å². The number of aryl methyl sites for hydroxylation is 1. The summed E-state index contributed by atoms with van der Waals surface area (Å²) in [6.45, 7) is 5.23. The van der Waals surface area contributed by atoms with Crippen LogP contribution in [0.5, 0.6) is 0 Å². The number of primary amides is 1. The number of nitrogens with two attached hydrogens (primary N) is 1. The SMILES string of the molecule is Cc1csc(NC(=O)NCCCN2CCC(C(N)=O)CC2)n1. The van der Waals surface area contributed by atoms with Gasteiger partial charge in [-0.2, -0.15) is 0 Å². The zero-order valence-corrected chi connectivity index (χ0v) is 13.6. The second-order valence-electron chi connectivity index (χ2n) is 5.55. The normalized spacial score (nSPS) is 16.4. The molecule has 7 nitrogen and oxygen atoms in total. The van der Waals surface area contributed by atoms with Crippen LogP contribution in [0.4, 0.5) is 9.93 Å². The van der Waals surface area contributed by atoms with Crippen LogP contribution >= 0.6 is 11.3 Å². The number of anilines is 1. The third kappa shape index (κ3) is 5.27. The van der Waals surface area contributed by atoms with Gasteiger partial charge in [0.05, 0.1) is 5.69 Å². The van der Waals surface area contributed by atoms with Crippen molar-refractivity contribution in [2.24, 2.45) is 11.7 Å². The van der Waals surface area contributed by atoms with Crippen molar-refractivity contribution in [2.45, 2.75) is 26.2 Å². The van der Waals surface area contributed by atoms with Crippen molar-refractivity contribution in [3.63, 3.8) is 0 Å². The highest BCUT2D eigenvalue weighted by molar-refractivity contribution is 7.13. The van der Waals surface area contributed by atoms with Crippen LogP contribution < -0.4 is 16.4 Å². The molecule has 1 fully saturated rings. The highest BCUT2D eigenvalue weighted by atomic mass is 32.1. The van der Waals surface area contributed by atoms with Crippen LogP contribution in [0, 0.1) is 12.8 Å². The zero-order chi connectivity index (χ0) is 15.9. The van der Waals surface area contributed by atoms with Crippen LogP contribution in [-0.2, 0) is 4.79 Å². The molecule has 0 saturated carbocycles. The number of nitrogens with one attached hydrogen (secondary N) is 2. The predicted octanol–water partition coefficient (Wildman–Crippen LogP) is 1.16. The molecule has 1 aliphatic heterocycles. The number of hydrogen-bond acceptors (Lipinski definition) is 5. The number of carbonyl (C=O) groups is 2. The Bertz CT molecular complexity index is 511. The molecule has 0 bridgehead atoms. The standard InChI is InChI=1S/C14H23N5O2S/c1-10-9-22-14(17-10)18-13(21)16-5-2-6-19-7-3-11(4-8-19)12(15)20/h9,11H,2-8H2,1H3,(H2,15,20)(H2,16,17,18,21). The lowest BCUT2D eigenvalue weighted by atomic mass is 9.96. The molecule has 1 aliphatic rings. The first-order valence-corrected chi connectivity index (χ1v) is 8.41. The summed E-state index contributed by atoms with van der Waals surface area (Å²) >= 11 is 1.41. The van der Waals surface area contributed by atoms with E-state index in [1.807, 2.05) is 12.3 Å². The minimum absolute atomic E-state index is 0.0295. The lowest BCUT2D eigenvalue weighted by Gasteiger charge is -2.30. The topological polar surface area (TPSA) is 100 Å². The number of likely N-dealkylation sites (tertiary alicyclic amines) is 1. The molecular formula is C14H23N5O2S. The molecule has 0 aliphatic carbocycles. The highest BCUT2D eigenvalue weighted by Crippen LogP contribution is 2.16. The van der Waals surface area contributed by atoms with Gasteiger partial charge in [-0.15, -0.1) is 11.3 Å². The largest absolute Gasteiger partial charge is 0.369 e. The Morgan fingerprint density at radius 2 is 2.18 bits per heavy atom. The maximum Gasteiger partial charge on any atom is 0.321 e. The van der Waals surface area contributed by atoms with Gasteiger partial charge in [0, 0.05) is 17.8 Å². The van der Waals surface area contributed by atoms with Gasteiger partial charge in [-0.05, 0) is 45.8 Å². The van der Waals surface area contributed by atoms with E-state index in [2.05, 4.69) is 20.5 Å². The Labute approximate surface area is 134 Å². The molecule has 2 heterocycles. The van der Waals surface area contributed by atoms with Crippen LogP contribution in [0.25, 0.3) is 0 Å². The van der Waals surface area contributed by atoms with Gasteiger partial charge < -0.3 is 16.0 Å². The van der Waals surface area contributed by atoms with Crippen molar-refractivity contribution in [1.29, 1.82) is 0 Å². The van der Waals surface area contributed by atoms with Crippen molar-refractivity contribution in [2.75, 3.05) is 31.5 Å². The third-order valence-electron chi connectivity index (χ3n) is 3.77. The Morgan fingerprint density at radius 3 is 2.77 bits per heavy atom. The Morgan fingerprint density at radius 1 is 1.45 bits per heavy atom. The van der Waals surface area contributed by atoms with Gasteiger partial charge in [0.1, 0.15) is 0 Å². The molecule has 4 N–H and O–H groups in total. The number of thiazole rings is 1. The van der Waals surface area contributed by atoms with Crippen molar-refractivity contribution in [3.05, 3.63) is 11.1 Å². The summed E-state index contributed by atoms with van der Waals surface area (Å²) in [6.07, 6.45) is 2.56. The third-order valence-corrected chi connectivity index (χ3v) is 4.64. The van der Waals surface area contributed by atoms with E-state index in [4.69, 9.17) is 5.73 Å². The van der Waals surface area contributed by atoms with Gasteiger partial charge in [-0.25, -0.2) is 9.78 Å². The van der Waals surface area contributed by atoms with E-state index in [1.54, 1.807) is 0 Å². The molecule has 1 aromatic rings. The minimum Gasteiger partial charge on any atom is -0.369 e. The van der Waals surface area contributed by atoms with Crippen LogP contribution in [0.1, 0.15) is 25.0 Å². The molecule has 22 heavy (non-hydrogen) atoms. The first-order valence-electron chi connectivity index (χ1n) is 7.53. The molecular weight excluding hydrogens is 302 g/mol. The van der Waals surface area contributed by atoms with E-state index in [1.165, 1.54) is 11.3 Å². The molecule has 8 heteroatoms. The van der Waals surface area contributed by atoms with Gasteiger partial charge >= 0.3 is 6.03 Å². The van der Waals surface area contributed by atoms with E-state index in [-0.39, 0.29) is 17.9 Å². The number of urea groups is 1. The molecule has 2 rings (SSSR count). The van der Waals surface area contributed by atoms with Gasteiger partial charge in [0.2, 0.25) is 5.91 Å². The Balaban J connectivity index is 1.56. The van der Waals surface area contributed by atoms with E-state index in [0.29, 0.717) is 11.7 Å². The lowest BCUT2D eigenvalue weighted by Crippen LogP contribution is -2.40. The van der Waals surface area contributed by atoms with Gasteiger partial charge in [0.25, 0.3) is 0 Å². The monoisotopic (exact) mass is 325 g/mol. The second-order valence-corrected chi connectivity index (χ2v) is 6.40. The second kappa shape index (κ2) is 8.09.